The second-order valence-corrected chi connectivity index (χ2v) is 7.48. The number of aliphatic carboxylic acids is 1. The van der Waals surface area contributed by atoms with Gasteiger partial charge in [0.1, 0.15) is 0 Å². The van der Waals surface area contributed by atoms with Gasteiger partial charge in [0.25, 0.3) is 0 Å². The summed E-state index contributed by atoms with van der Waals surface area (Å²) in [6, 6.07) is 9.18. The molecule has 1 amide bonds. The Balaban J connectivity index is 1.82. The standard InChI is InChI=1S/C19H23NO3S/c1-12-11-16(14(3)24-12)5-4-6-18(21)20-17-9-7-15(8-10-17)13(2)19(22)23/h7-11,13H,4-6H2,1-3H3,(H,20,21)(H,22,23). The fourth-order valence-electron chi connectivity index (χ4n) is 2.59. The summed E-state index contributed by atoms with van der Waals surface area (Å²) >= 11 is 1.79. The normalized spacial score (nSPS) is 12.0. The number of carbonyl (C=O) groups excluding carboxylic acids is 1. The van der Waals surface area contributed by atoms with E-state index < -0.39 is 11.9 Å². The Kier molecular flexibility index (Phi) is 6.15. The molecule has 0 radical (unpaired) electrons. The van der Waals surface area contributed by atoms with E-state index in [1.165, 1.54) is 15.3 Å². The van der Waals surface area contributed by atoms with E-state index in [0.29, 0.717) is 12.1 Å². The molecule has 0 saturated carbocycles. The van der Waals surface area contributed by atoms with Crippen LogP contribution in [0.5, 0.6) is 0 Å². The van der Waals surface area contributed by atoms with Gasteiger partial charge in [-0.2, -0.15) is 0 Å². The molecule has 1 aromatic carbocycles. The van der Waals surface area contributed by atoms with Crippen molar-refractivity contribution in [3.8, 4) is 0 Å². The summed E-state index contributed by atoms with van der Waals surface area (Å²) in [7, 11) is 0. The molecule has 128 valence electrons. The van der Waals surface area contributed by atoms with Crippen LogP contribution in [0.25, 0.3) is 0 Å². The first-order chi connectivity index (χ1) is 11.4. The molecule has 5 heteroatoms. The van der Waals surface area contributed by atoms with Crippen LogP contribution >= 0.6 is 11.3 Å². The van der Waals surface area contributed by atoms with Gasteiger partial charge in [-0.25, -0.2) is 0 Å². The lowest BCUT2D eigenvalue weighted by Crippen LogP contribution is -2.12. The summed E-state index contributed by atoms with van der Waals surface area (Å²) in [5.74, 6) is -1.42. The summed E-state index contributed by atoms with van der Waals surface area (Å²) in [6.07, 6.45) is 2.21. The number of rotatable bonds is 7. The van der Waals surface area contributed by atoms with Gasteiger partial charge >= 0.3 is 5.97 Å². The summed E-state index contributed by atoms with van der Waals surface area (Å²) in [4.78, 5) is 25.6. The van der Waals surface area contributed by atoms with E-state index in [9.17, 15) is 9.59 Å². The second-order valence-electron chi connectivity index (χ2n) is 6.02. The third kappa shape index (κ3) is 4.93. The van der Waals surface area contributed by atoms with Crippen LogP contribution < -0.4 is 5.32 Å². The Labute approximate surface area is 146 Å². The van der Waals surface area contributed by atoms with Gasteiger partial charge in [-0.1, -0.05) is 12.1 Å². The first kappa shape index (κ1) is 18.2. The van der Waals surface area contributed by atoms with E-state index in [1.807, 2.05) is 0 Å². The van der Waals surface area contributed by atoms with E-state index in [2.05, 4.69) is 25.2 Å². The maximum Gasteiger partial charge on any atom is 0.310 e. The Hall–Kier alpha value is -2.14. The number of thiophene rings is 1. The predicted molar refractivity (Wildman–Crippen MR) is 97.9 cm³/mol. The summed E-state index contributed by atoms with van der Waals surface area (Å²) in [5, 5.41) is 11.9. The monoisotopic (exact) mass is 345 g/mol. The lowest BCUT2D eigenvalue weighted by Gasteiger charge is -2.09. The van der Waals surface area contributed by atoms with E-state index in [-0.39, 0.29) is 5.91 Å². The van der Waals surface area contributed by atoms with Gasteiger partial charge in [0.15, 0.2) is 0 Å². The molecule has 4 nitrogen and oxygen atoms in total. The number of amides is 1. The largest absolute Gasteiger partial charge is 0.481 e. The van der Waals surface area contributed by atoms with Crippen LogP contribution in [0.1, 0.15) is 46.6 Å². The SMILES string of the molecule is Cc1cc(CCCC(=O)Nc2ccc(C(C)C(=O)O)cc2)c(C)s1. The van der Waals surface area contributed by atoms with Crippen LogP contribution in [0.2, 0.25) is 0 Å². The zero-order valence-corrected chi connectivity index (χ0v) is 15.1. The Morgan fingerprint density at radius 3 is 2.42 bits per heavy atom. The van der Waals surface area contributed by atoms with Gasteiger partial charge in [-0.15, -0.1) is 11.3 Å². The molecular formula is C19H23NO3S. The number of anilines is 1. The molecule has 1 heterocycles. The minimum absolute atomic E-state index is 0.0152. The highest BCUT2D eigenvalue weighted by Gasteiger charge is 2.13. The minimum Gasteiger partial charge on any atom is -0.481 e. The van der Waals surface area contributed by atoms with E-state index in [4.69, 9.17) is 5.11 Å². The number of carboxylic acid groups (broad SMARTS) is 1. The number of carboxylic acids is 1. The van der Waals surface area contributed by atoms with Crippen LogP contribution in [-0.2, 0) is 16.0 Å². The number of aryl methyl sites for hydroxylation is 3. The van der Waals surface area contributed by atoms with Gasteiger partial charge in [0.05, 0.1) is 5.92 Å². The van der Waals surface area contributed by atoms with Crippen molar-refractivity contribution in [3.05, 3.63) is 51.2 Å². The number of hydrogen-bond acceptors (Lipinski definition) is 3. The molecular weight excluding hydrogens is 322 g/mol. The summed E-state index contributed by atoms with van der Waals surface area (Å²) in [6.45, 7) is 5.86. The fraction of sp³-hybridized carbons (Fsp3) is 0.368. The third-order valence-corrected chi connectivity index (χ3v) is 5.07. The van der Waals surface area contributed by atoms with Gasteiger partial charge in [-0.3, -0.25) is 9.59 Å². The predicted octanol–water partition coefficient (Wildman–Crippen LogP) is 4.51. The molecule has 0 spiro atoms. The first-order valence-corrected chi connectivity index (χ1v) is 8.87. The smallest absolute Gasteiger partial charge is 0.310 e. The second kappa shape index (κ2) is 8.11. The highest BCUT2D eigenvalue weighted by molar-refractivity contribution is 7.12. The van der Waals surface area contributed by atoms with Crippen LogP contribution in [0, 0.1) is 13.8 Å². The van der Waals surface area contributed by atoms with E-state index in [1.54, 1.807) is 42.5 Å². The first-order valence-electron chi connectivity index (χ1n) is 8.05. The lowest BCUT2D eigenvalue weighted by atomic mass is 10.0. The average molecular weight is 345 g/mol. The topological polar surface area (TPSA) is 66.4 Å². The molecule has 0 aliphatic rings. The minimum atomic E-state index is -0.856. The van der Waals surface area contributed by atoms with Crippen LogP contribution in [0.4, 0.5) is 5.69 Å². The molecule has 0 saturated heterocycles. The molecule has 0 bridgehead atoms. The quantitative estimate of drug-likeness (QED) is 0.775. The number of benzene rings is 1. The average Bonchev–Trinajstić information content (AvgIpc) is 2.85. The van der Waals surface area contributed by atoms with Crippen molar-refractivity contribution in [2.45, 2.75) is 46.0 Å². The molecule has 1 atom stereocenters. The van der Waals surface area contributed by atoms with Gasteiger partial charge in [0.2, 0.25) is 5.91 Å². The van der Waals surface area contributed by atoms with Gasteiger partial charge < -0.3 is 10.4 Å². The Bertz CT molecular complexity index is 719. The fourth-order valence-corrected chi connectivity index (χ4v) is 3.57. The van der Waals surface area contributed by atoms with Crippen LogP contribution in [0.15, 0.2) is 30.3 Å². The molecule has 0 fully saturated rings. The maximum absolute atomic E-state index is 12.0. The molecule has 24 heavy (non-hydrogen) atoms. The summed E-state index contributed by atoms with van der Waals surface area (Å²) < 4.78 is 0. The third-order valence-electron chi connectivity index (χ3n) is 4.06. The van der Waals surface area contributed by atoms with E-state index in [0.717, 1.165) is 18.4 Å². The Morgan fingerprint density at radius 1 is 1.21 bits per heavy atom. The van der Waals surface area contributed by atoms with Crippen molar-refractivity contribution in [3.63, 3.8) is 0 Å². The van der Waals surface area contributed by atoms with Crippen molar-refractivity contribution in [2.24, 2.45) is 0 Å². The number of nitrogens with one attached hydrogen (secondary N) is 1. The van der Waals surface area contributed by atoms with Gasteiger partial charge in [0, 0.05) is 21.9 Å². The van der Waals surface area contributed by atoms with Crippen molar-refractivity contribution < 1.29 is 14.7 Å². The number of carbonyl (C=O) groups is 2. The highest BCUT2D eigenvalue weighted by Crippen LogP contribution is 2.22. The maximum atomic E-state index is 12.0. The molecule has 0 aliphatic heterocycles. The molecule has 2 aromatic rings. The van der Waals surface area contributed by atoms with Crippen LogP contribution in [-0.4, -0.2) is 17.0 Å². The zero-order valence-electron chi connectivity index (χ0n) is 14.3. The van der Waals surface area contributed by atoms with Crippen molar-refractivity contribution in [1.82, 2.24) is 0 Å². The molecule has 2 N–H and O–H groups in total. The van der Waals surface area contributed by atoms with Crippen LogP contribution in [0.3, 0.4) is 0 Å². The molecule has 1 aromatic heterocycles. The summed E-state index contributed by atoms with van der Waals surface area (Å²) in [5.41, 5.74) is 2.75. The van der Waals surface area contributed by atoms with Crippen molar-refractivity contribution >= 4 is 28.9 Å². The zero-order chi connectivity index (χ0) is 17.7. The van der Waals surface area contributed by atoms with Gasteiger partial charge in [-0.05, 0) is 62.9 Å². The van der Waals surface area contributed by atoms with Crippen molar-refractivity contribution in [1.29, 1.82) is 0 Å². The van der Waals surface area contributed by atoms with Crippen molar-refractivity contribution in [2.75, 3.05) is 5.32 Å². The highest BCUT2D eigenvalue weighted by atomic mass is 32.1. The molecule has 1 unspecified atom stereocenters. The Morgan fingerprint density at radius 2 is 1.88 bits per heavy atom. The molecule has 2 rings (SSSR count). The lowest BCUT2D eigenvalue weighted by molar-refractivity contribution is -0.138. The number of hydrogen-bond donors (Lipinski definition) is 2. The molecule has 0 aliphatic carbocycles. The van der Waals surface area contributed by atoms with E-state index >= 15 is 0 Å².